The minimum absolute atomic E-state index is 0.203. The molecule has 36 heavy (non-hydrogen) atoms. The SMILES string of the molecule is COC(=O)c1cccc(CN2C(=O)/C(=C(\c3ccccc3)c3ccc(Cl)cc3)c3cc(F)ccc32)c1. The normalized spacial score (nSPS) is 14.0. The summed E-state index contributed by atoms with van der Waals surface area (Å²) in [4.78, 5) is 27.7. The number of ether oxygens (including phenoxy) is 1. The van der Waals surface area contributed by atoms with E-state index in [1.807, 2.05) is 48.5 Å². The average molecular weight is 498 g/mol. The van der Waals surface area contributed by atoms with Crippen molar-refractivity contribution in [2.45, 2.75) is 6.54 Å². The molecule has 0 unspecified atom stereocenters. The number of carbonyl (C=O) groups is 2. The van der Waals surface area contributed by atoms with Gasteiger partial charge in [-0.1, -0.05) is 66.2 Å². The van der Waals surface area contributed by atoms with Crippen molar-refractivity contribution in [2.24, 2.45) is 0 Å². The highest BCUT2D eigenvalue weighted by Gasteiger charge is 2.35. The Morgan fingerprint density at radius 2 is 1.56 bits per heavy atom. The van der Waals surface area contributed by atoms with E-state index in [1.54, 1.807) is 41.3 Å². The summed E-state index contributed by atoms with van der Waals surface area (Å²) in [6, 6.07) is 28.1. The highest BCUT2D eigenvalue weighted by atomic mass is 35.5. The Bertz CT molecular complexity index is 1500. The largest absolute Gasteiger partial charge is 0.465 e. The predicted molar refractivity (Wildman–Crippen MR) is 139 cm³/mol. The van der Waals surface area contributed by atoms with E-state index in [1.165, 1.54) is 19.2 Å². The molecule has 0 N–H and O–H groups in total. The van der Waals surface area contributed by atoms with Crippen LogP contribution in [0, 0.1) is 5.82 Å². The van der Waals surface area contributed by atoms with Gasteiger partial charge < -0.3 is 9.64 Å². The van der Waals surface area contributed by atoms with Gasteiger partial charge >= 0.3 is 5.97 Å². The van der Waals surface area contributed by atoms with Crippen LogP contribution >= 0.6 is 11.6 Å². The fourth-order valence-electron chi connectivity index (χ4n) is 4.48. The van der Waals surface area contributed by atoms with Crippen molar-refractivity contribution in [3.05, 3.63) is 136 Å². The van der Waals surface area contributed by atoms with Gasteiger partial charge in [0.05, 0.1) is 30.5 Å². The van der Waals surface area contributed by atoms with Gasteiger partial charge in [-0.05, 0) is 59.2 Å². The monoisotopic (exact) mass is 497 g/mol. The number of rotatable bonds is 5. The number of amides is 1. The molecule has 0 radical (unpaired) electrons. The predicted octanol–water partition coefficient (Wildman–Crippen LogP) is 6.77. The first-order chi connectivity index (χ1) is 17.5. The summed E-state index contributed by atoms with van der Waals surface area (Å²) in [5.74, 6) is -1.15. The van der Waals surface area contributed by atoms with E-state index in [0.29, 0.717) is 33.0 Å². The number of hydrogen-bond acceptors (Lipinski definition) is 3. The van der Waals surface area contributed by atoms with Gasteiger partial charge in [-0.3, -0.25) is 4.79 Å². The maximum atomic E-state index is 14.5. The van der Waals surface area contributed by atoms with E-state index in [0.717, 1.165) is 16.7 Å². The molecule has 1 amide bonds. The van der Waals surface area contributed by atoms with Crippen LogP contribution < -0.4 is 4.90 Å². The lowest BCUT2D eigenvalue weighted by atomic mass is 9.90. The Morgan fingerprint density at radius 3 is 2.28 bits per heavy atom. The molecule has 1 heterocycles. The van der Waals surface area contributed by atoms with Gasteiger partial charge in [-0.2, -0.15) is 0 Å². The molecule has 5 rings (SSSR count). The van der Waals surface area contributed by atoms with Crippen molar-refractivity contribution in [2.75, 3.05) is 12.0 Å². The van der Waals surface area contributed by atoms with Crippen LogP contribution in [0.3, 0.4) is 0 Å². The highest BCUT2D eigenvalue weighted by Crippen LogP contribution is 2.44. The van der Waals surface area contributed by atoms with Gasteiger partial charge in [0.25, 0.3) is 5.91 Å². The third-order valence-corrected chi connectivity index (χ3v) is 6.36. The zero-order valence-corrected chi connectivity index (χ0v) is 20.1. The Balaban J connectivity index is 1.69. The first-order valence-electron chi connectivity index (χ1n) is 11.3. The first-order valence-corrected chi connectivity index (χ1v) is 11.7. The molecule has 0 aromatic heterocycles. The van der Waals surface area contributed by atoms with E-state index >= 15 is 0 Å². The number of hydrogen-bond donors (Lipinski definition) is 0. The van der Waals surface area contributed by atoms with E-state index in [9.17, 15) is 14.0 Å². The van der Waals surface area contributed by atoms with Crippen LogP contribution in [0.15, 0.2) is 97.1 Å². The van der Waals surface area contributed by atoms with E-state index in [2.05, 4.69) is 0 Å². The lowest BCUT2D eigenvalue weighted by molar-refractivity contribution is -0.113. The molecule has 4 aromatic rings. The molecule has 178 valence electrons. The number of esters is 1. The first kappa shape index (κ1) is 23.5. The molecule has 0 fully saturated rings. The van der Waals surface area contributed by atoms with Crippen LogP contribution in [-0.2, 0) is 16.1 Å². The summed E-state index contributed by atoms with van der Waals surface area (Å²) in [7, 11) is 1.32. The standard InChI is InChI=1S/C30H21ClFNO3/c1-36-30(35)22-9-5-6-19(16-22)18-33-26-15-14-24(32)17-25(26)28(29(33)34)27(20-7-3-2-4-8-20)21-10-12-23(31)13-11-21/h2-17H,18H2,1H3/b28-27+. The zero-order chi connectivity index (χ0) is 25.2. The molecule has 0 aliphatic carbocycles. The van der Waals surface area contributed by atoms with Crippen LogP contribution in [0.25, 0.3) is 11.1 Å². The molecule has 1 aliphatic rings. The second kappa shape index (κ2) is 9.80. The maximum absolute atomic E-state index is 14.5. The zero-order valence-electron chi connectivity index (χ0n) is 19.4. The molecule has 0 atom stereocenters. The number of carbonyl (C=O) groups excluding carboxylic acids is 2. The van der Waals surface area contributed by atoms with Crippen LogP contribution in [0.1, 0.15) is 32.6 Å². The average Bonchev–Trinajstić information content (AvgIpc) is 3.16. The van der Waals surface area contributed by atoms with Gasteiger partial charge in [0.2, 0.25) is 0 Å². The summed E-state index contributed by atoms with van der Waals surface area (Å²) >= 11 is 6.14. The third kappa shape index (κ3) is 4.41. The van der Waals surface area contributed by atoms with Crippen molar-refractivity contribution in [3.63, 3.8) is 0 Å². The van der Waals surface area contributed by atoms with Crippen molar-refractivity contribution in [1.82, 2.24) is 0 Å². The number of nitrogens with zero attached hydrogens (tertiary/aromatic N) is 1. The van der Waals surface area contributed by atoms with Gasteiger partial charge in [-0.25, -0.2) is 9.18 Å². The number of halogens is 2. The van der Waals surface area contributed by atoms with E-state index in [-0.39, 0.29) is 12.5 Å². The van der Waals surface area contributed by atoms with Crippen LogP contribution in [0.2, 0.25) is 5.02 Å². The molecule has 4 aromatic carbocycles. The Labute approximate surface area is 213 Å². The topological polar surface area (TPSA) is 46.6 Å². The summed E-state index contributed by atoms with van der Waals surface area (Å²) in [6.45, 7) is 0.203. The fraction of sp³-hybridized carbons (Fsp3) is 0.0667. The molecule has 4 nitrogen and oxygen atoms in total. The van der Waals surface area contributed by atoms with Gasteiger partial charge in [0.15, 0.2) is 0 Å². The lowest BCUT2D eigenvalue weighted by Crippen LogP contribution is -2.26. The van der Waals surface area contributed by atoms with Crippen molar-refractivity contribution >= 4 is 40.3 Å². The third-order valence-electron chi connectivity index (χ3n) is 6.11. The molecule has 1 aliphatic heterocycles. The molecule has 6 heteroatoms. The maximum Gasteiger partial charge on any atom is 0.337 e. The molecular weight excluding hydrogens is 477 g/mol. The molecule has 0 saturated carbocycles. The van der Waals surface area contributed by atoms with Gasteiger partial charge in [0, 0.05) is 16.2 Å². The molecular formula is C30H21ClFNO3. The minimum atomic E-state index is -0.457. The van der Waals surface area contributed by atoms with Gasteiger partial charge in [0.1, 0.15) is 5.82 Å². The quantitative estimate of drug-likeness (QED) is 0.226. The van der Waals surface area contributed by atoms with Crippen LogP contribution in [0.5, 0.6) is 0 Å². The highest BCUT2D eigenvalue weighted by molar-refractivity contribution is 6.39. The van der Waals surface area contributed by atoms with E-state index in [4.69, 9.17) is 16.3 Å². The molecule has 0 bridgehead atoms. The second-order valence-corrected chi connectivity index (χ2v) is 8.80. The van der Waals surface area contributed by atoms with Crippen LogP contribution in [-0.4, -0.2) is 19.0 Å². The molecule has 0 spiro atoms. The summed E-state index contributed by atoms with van der Waals surface area (Å²) in [5, 5.41) is 0.576. The molecule has 0 saturated heterocycles. The lowest BCUT2D eigenvalue weighted by Gasteiger charge is -2.18. The van der Waals surface area contributed by atoms with E-state index < -0.39 is 11.8 Å². The minimum Gasteiger partial charge on any atom is -0.465 e. The summed E-state index contributed by atoms with van der Waals surface area (Å²) in [6.07, 6.45) is 0. The summed E-state index contributed by atoms with van der Waals surface area (Å²) < 4.78 is 19.3. The Hall–Kier alpha value is -4.22. The second-order valence-electron chi connectivity index (χ2n) is 8.37. The Kier molecular flexibility index (Phi) is 6.40. The number of methoxy groups -OCH3 is 1. The van der Waals surface area contributed by atoms with Gasteiger partial charge in [-0.15, -0.1) is 0 Å². The smallest absolute Gasteiger partial charge is 0.337 e. The number of benzene rings is 4. The van der Waals surface area contributed by atoms with Crippen molar-refractivity contribution in [1.29, 1.82) is 0 Å². The van der Waals surface area contributed by atoms with Crippen LogP contribution in [0.4, 0.5) is 10.1 Å². The van der Waals surface area contributed by atoms with Crippen molar-refractivity contribution in [3.8, 4) is 0 Å². The number of fused-ring (bicyclic) bond motifs is 1. The van der Waals surface area contributed by atoms with Crippen molar-refractivity contribution < 1.29 is 18.7 Å². The number of anilines is 1. The Morgan fingerprint density at radius 1 is 0.861 bits per heavy atom. The summed E-state index contributed by atoms with van der Waals surface area (Å²) in [5.41, 5.74) is 4.96. The fourth-order valence-corrected chi connectivity index (χ4v) is 4.60.